The first-order valence-electron chi connectivity index (χ1n) is 5.30. The Bertz CT molecular complexity index is 343. The van der Waals surface area contributed by atoms with E-state index in [4.69, 9.17) is 0 Å². The third-order valence-corrected chi connectivity index (χ3v) is 2.87. The Balaban J connectivity index is 0.00000256. The van der Waals surface area contributed by atoms with Crippen molar-refractivity contribution in [3.63, 3.8) is 0 Å². The van der Waals surface area contributed by atoms with Gasteiger partial charge in [0, 0.05) is 23.5 Å². The van der Waals surface area contributed by atoms with Crippen molar-refractivity contribution in [2.24, 2.45) is 5.92 Å². The van der Waals surface area contributed by atoms with E-state index in [2.05, 4.69) is 26.6 Å². The number of halogens is 2. The van der Waals surface area contributed by atoms with Gasteiger partial charge in [0.15, 0.2) is 0 Å². The Labute approximate surface area is 117 Å². The molecule has 0 heterocycles. The summed E-state index contributed by atoms with van der Waals surface area (Å²) in [7, 11) is 1.85. The number of hydrogen-bond donors (Lipinski definition) is 2. The first-order chi connectivity index (χ1) is 7.63. The molecule has 1 atom stereocenters. The average Bonchev–Trinajstić information content (AvgIpc) is 2.28. The van der Waals surface area contributed by atoms with Crippen LogP contribution in [-0.4, -0.2) is 19.5 Å². The summed E-state index contributed by atoms with van der Waals surface area (Å²) in [6.07, 6.45) is 0. The fourth-order valence-corrected chi connectivity index (χ4v) is 1.63. The molecule has 0 spiro atoms. The second-order valence-corrected chi connectivity index (χ2v) is 4.72. The molecule has 0 saturated carbocycles. The van der Waals surface area contributed by atoms with Gasteiger partial charge < -0.3 is 10.6 Å². The predicted molar refractivity (Wildman–Crippen MR) is 76.3 cm³/mol. The van der Waals surface area contributed by atoms with Crippen molar-refractivity contribution < 1.29 is 4.79 Å². The van der Waals surface area contributed by atoms with Gasteiger partial charge in [-0.05, 0) is 24.7 Å². The average molecular weight is 322 g/mol. The number of nitrogens with one attached hydrogen (secondary N) is 2. The first kappa shape index (κ1) is 16.4. The summed E-state index contributed by atoms with van der Waals surface area (Å²) >= 11 is 3.37. The molecule has 96 valence electrons. The van der Waals surface area contributed by atoms with E-state index in [0.29, 0.717) is 13.1 Å². The lowest BCUT2D eigenvalue weighted by atomic mass is 10.1. The second kappa shape index (κ2) is 8.50. The van der Waals surface area contributed by atoms with Crippen molar-refractivity contribution in [1.82, 2.24) is 10.6 Å². The Hall–Kier alpha value is -0.580. The quantitative estimate of drug-likeness (QED) is 0.874. The molecule has 17 heavy (non-hydrogen) atoms. The van der Waals surface area contributed by atoms with Gasteiger partial charge in [0.05, 0.1) is 0 Å². The summed E-state index contributed by atoms with van der Waals surface area (Å²) in [5, 5.41) is 5.90. The number of rotatable bonds is 5. The van der Waals surface area contributed by atoms with Gasteiger partial charge in [0.1, 0.15) is 0 Å². The summed E-state index contributed by atoms with van der Waals surface area (Å²) in [5.74, 6) is 0.0812. The van der Waals surface area contributed by atoms with E-state index in [9.17, 15) is 4.79 Å². The monoisotopic (exact) mass is 320 g/mol. The van der Waals surface area contributed by atoms with E-state index in [1.54, 1.807) is 0 Å². The first-order valence-corrected chi connectivity index (χ1v) is 6.09. The van der Waals surface area contributed by atoms with E-state index >= 15 is 0 Å². The van der Waals surface area contributed by atoms with Crippen molar-refractivity contribution in [3.05, 3.63) is 34.3 Å². The number of amides is 1. The molecule has 1 amide bonds. The lowest BCUT2D eigenvalue weighted by Crippen LogP contribution is -2.33. The Morgan fingerprint density at radius 1 is 1.35 bits per heavy atom. The van der Waals surface area contributed by atoms with Crippen LogP contribution in [0.2, 0.25) is 0 Å². The van der Waals surface area contributed by atoms with Crippen LogP contribution < -0.4 is 10.6 Å². The fraction of sp³-hybridized carbons (Fsp3) is 0.417. The van der Waals surface area contributed by atoms with Crippen molar-refractivity contribution in [2.75, 3.05) is 13.6 Å². The maximum atomic E-state index is 11.6. The van der Waals surface area contributed by atoms with Gasteiger partial charge >= 0.3 is 0 Å². The van der Waals surface area contributed by atoms with Gasteiger partial charge in [-0.15, -0.1) is 12.4 Å². The molecule has 0 fully saturated rings. The zero-order chi connectivity index (χ0) is 12.0. The molecule has 1 rings (SSSR count). The van der Waals surface area contributed by atoms with Gasteiger partial charge in [0.2, 0.25) is 5.91 Å². The van der Waals surface area contributed by atoms with E-state index in [1.165, 1.54) is 0 Å². The molecule has 0 aliphatic heterocycles. The minimum atomic E-state index is 0. The van der Waals surface area contributed by atoms with Crippen LogP contribution in [-0.2, 0) is 11.3 Å². The molecular weight excluding hydrogens is 304 g/mol. The van der Waals surface area contributed by atoms with Gasteiger partial charge in [-0.2, -0.15) is 0 Å². The zero-order valence-corrected chi connectivity index (χ0v) is 12.4. The number of carbonyl (C=O) groups is 1. The Morgan fingerprint density at radius 2 is 1.94 bits per heavy atom. The molecule has 1 aromatic carbocycles. The maximum Gasteiger partial charge on any atom is 0.224 e. The smallest absolute Gasteiger partial charge is 0.224 e. The molecule has 1 aromatic rings. The summed E-state index contributed by atoms with van der Waals surface area (Å²) in [6.45, 7) is 3.19. The molecule has 0 bridgehead atoms. The van der Waals surface area contributed by atoms with Crippen LogP contribution in [0, 0.1) is 5.92 Å². The highest BCUT2D eigenvalue weighted by molar-refractivity contribution is 9.10. The third-order valence-electron chi connectivity index (χ3n) is 2.34. The standard InChI is InChI=1S/C12H17BrN2O.ClH/c1-9(7-14-2)12(16)15-8-10-3-5-11(13)6-4-10;/h3-6,9,14H,7-8H2,1-2H3,(H,15,16);1H. The highest BCUT2D eigenvalue weighted by atomic mass is 79.9. The van der Waals surface area contributed by atoms with Crippen LogP contribution in [0.25, 0.3) is 0 Å². The molecule has 5 heteroatoms. The number of carbonyl (C=O) groups excluding carboxylic acids is 1. The van der Waals surface area contributed by atoms with Crippen molar-refractivity contribution in [3.8, 4) is 0 Å². The molecule has 1 unspecified atom stereocenters. The topological polar surface area (TPSA) is 41.1 Å². The highest BCUT2D eigenvalue weighted by Gasteiger charge is 2.10. The van der Waals surface area contributed by atoms with Crippen LogP contribution in [0.15, 0.2) is 28.7 Å². The molecule has 0 saturated heterocycles. The zero-order valence-electron chi connectivity index (χ0n) is 10.00. The summed E-state index contributed by atoms with van der Waals surface area (Å²) in [4.78, 5) is 11.6. The molecule has 0 aliphatic rings. The molecule has 2 N–H and O–H groups in total. The van der Waals surface area contributed by atoms with Gasteiger partial charge in [0.25, 0.3) is 0 Å². The summed E-state index contributed by atoms with van der Waals surface area (Å²) < 4.78 is 1.05. The van der Waals surface area contributed by atoms with E-state index < -0.39 is 0 Å². The van der Waals surface area contributed by atoms with Crippen molar-refractivity contribution in [1.29, 1.82) is 0 Å². The third kappa shape index (κ3) is 6.05. The minimum Gasteiger partial charge on any atom is -0.352 e. The van der Waals surface area contributed by atoms with Gasteiger partial charge in [-0.3, -0.25) is 4.79 Å². The predicted octanol–water partition coefficient (Wildman–Crippen LogP) is 2.34. The highest BCUT2D eigenvalue weighted by Crippen LogP contribution is 2.10. The Kier molecular flexibility index (Phi) is 8.21. The number of benzene rings is 1. The largest absolute Gasteiger partial charge is 0.352 e. The van der Waals surface area contributed by atoms with E-state index in [-0.39, 0.29) is 24.2 Å². The number of hydrogen-bond acceptors (Lipinski definition) is 2. The van der Waals surface area contributed by atoms with Gasteiger partial charge in [-0.25, -0.2) is 0 Å². The van der Waals surface area contributed by atoms with Crippen LogP contribution in [0.3, 0.4) is 0 Å². The lowest BCUT2D eigenvalue weighted by Gasteiger charge is -2.11. The van der Waals surface area contributed by atoms with Gasteiger partial charge in [-0.1, -0.05) is 35.0 Å². The molecule has 0 aliphatic carbocycles. The van der Waals surface area contributed by atoms with Crippen LogP contribution >= 0.6 is 28.3 Å². The van der Waals surface area contributed by atoms with Crippen LogP contribution in [0.4, 0.5) is 0 Å². The summed E-state index contributed by atoms with van der Waals surface area (Å²) in [5.41, 5.74) is 1.10. The molecule has 3 nitrogen and oxygen atoms in total. The Morgan fingerprint density at radius 3 is 2.47 bits per heavy atom. The second-order valence-electron chi connectivity index (χ2n) is 3.80. The maximum absolute atomic E-state index is 11.6. The van der Waals surface area contributed by atoms with E-state index in [1.807, 2.05) is 38.2 Å². The van der Waals surface area contributed by atoms with Crippen LogP contribution in [0.5, 0.6) is 0 Å². The van der Waals surface area contributed by atoms with Crippen molar-refractivity contribution in [2.45, 2.75) is 13.5 Å². The lowest BCUT2D eigenvalue weighted by molar-refractivity contribution is -0.124. The minimum absolute atomic E-state index is 0. The normalized spacial score (nSPS) is 11.5. The SMILES string of the molecule is CNCC(C)C(=O)NCc1ccc(Br)cc1.Cl. The fourth-order valence-electron chi connectivity index (χ4n) is 1.36. The molecule has 0 radical (unpaired) electrons. The van der Waals surface area contributed by atoms with E-state index in [0.717, 1.165) is 10.0 Å². The van der Waals surface area contributed by atoms with Crippen LogP contribution in [0.1, 0.15) is 12.5 Å². The molecular formula is C12H18BrClN2O. The molecule has 0 aromatic heterocycles. The summed E-state index contributed by atoms with van der Waals surface area (Å²) in [6, 6.07) is 7.93. The van der Waals surface area contributed by atoms with Crippen molar-refractivity contribution >= 4 is 34.2 Å².